The van der Waals surface area contributed by atoms with Gasteiger partial charge in [-0.1, -0.05) is 15.9 Å². The SMILES string of the molecule is O=C(CCN1C(=O)c2ccc(Br)cc2C1=O)Nc1ccc(Br)cn1. The van der Waals surface area contributed by atoms with Gasteiger partial charge in [-0.05, 0) is 46.3 Å². The Morgan fingerprint density at radius 3 is 2.46 bits per heavy atom. The minimum atomic E-state index is -0.383. The summed E-state index contributed by atoms with van der Waals surface area (Å²) in [6, 6.07) is 8.33. The summed E-state index contributed by atoms with van der Waals surface area (Å²) in [6.45, 7) is 0.0202. The first kappa shape index (κ1) is 16.8. The Hall–Kier alpha value is -2.06. The second kappa shape index (κ2) is 6.82. The number of nitrogens with zero attached hydrogens (tertiary/aromatic N) is 2. The molecule has 1 aromatic heterocycles. The first-order valence-corrected chi connectivity index (χ1v) is 8.61. The molecule has 0 fully saturated rings. The predicted octanol–water partition coefficient (Wildman–Crippen LogP) is 3.23. The van der Waals surface area contributed by atoms with Crippen molar-refractivity contribution in [3.8, 4) is 0 Å². The number of hydrogen-bond acceptors (Lipinski definition) is 4. The molecule has 2 heterocycles. The minimum Gasteiger partial charge on any atom is -0.311 e. The van der Waals surface area contributed by atoms with E-state index in [0.29, 0.717) is 16.9 Å². The van der Waals surface area contributed by atoms with Gasteiger partial charge in [0.25, 0.3) is 11.8 Å². The van der Waals surface area contributed by atoms with Crippen LogP contribution in [-0.2, 0) is 4.79 Å². The number of imide groups is 1. The highest BCUT2D eigenvalue weighted by Crippen LogP contribution is 2.26. The highest BCUT2D eigenvalue weighted by Gasteiger charge is 2.35. The summed E-state index contributed by atoms with van der Waals surface area (Å²) in [5.74, 6) is -0.667. The highest BCUT2D eigenvalue weighted by molar-refractivity contribution is 9.10. The summed E-state index contributed by atoms with van der Waals surface area (Å²) in [6.07, 6.45) is 1.57. The maximum absolute atomic E-state index is 12.3. The van der Waals surface area contributed by atoms with E-state index in [2.05, 4.69) is 42.2 Å². The van der Waals surface area contributed by atoms with E-state index in [1.54, 1.807) is 36.5 Å². The van der Waals surface area contributed by atoms with Gasteiger partial charge >= 0.3 is 0 Å². The molecule has 0 atom stereocenters. The number of aromatic nitrogens is 1. The van der Waals surface area contributed by atoms with E-state index in [1.165, 1.54) is 0 Å². The number of pyridine rings is 1. The monoisotopic (exact) mass is 451 g/mol. The molecule has 1 aliphatic rings. The lowest BCUT2D eigenvalue weighted by atomic mass is 10.1. The number of halogens is 2. The highest BCUT2D eigenvalue weighted by atomic mass is 79.9. The number of carbonyl (C=O) groups is 3. The molecule has 122 valence electrons. The van der Waals surface area contributed by atoms with E-state index >= 15 is 0 Å². The predicted molar refractivity (Wildman–Crippen MR) is 94.7 cm³/mol. The lowest BCUT2D eigenvalue weighted by Gasteiger charge is -2.13. The number of hydrogen-bond donors (Lipinski definition) is 1. The van der Waals surface area contributed by atoms with E-state index in [0.717, 1.165) is 13.8 Å². The molecule has 0 saturated carbocycles. The van der Waals surface area contributed by atoms with E-state index in [9.17, 15) is 14.4 Å². The van der Waals surface area contributed by atoms with Crippen LogP contribution in [0.2, 0.25) is 0 Å². The molecule has 1 N–H and O–H groups in total. The topological polar surface area (TPSA) is 79.4 Å². The Morgan fingerprint density at radius 1 is 1.04 bits per heavy atom. The Bertz CT molecular complexity index is 837. The van der Waals surface area contributed by atoms with Crippen LogP contribution in [0.5, 0.6) is 0 Å². The largest absolute Gasteiger partial charge is 0.311 e. The number of fused-ring (bicyclic) bond motifs is 1. The fraction of sp³-hybridized carbons (Fsp3) is 0.125. The van der Waals surface area contributed by atoms with Gasteiger partial charge in [-0.15, -0.1) is 0 Å². The Morgan fingerprint density at radius 2 is 1.75 bits per heavy atom. The maximum atomic E-state index is 12.3. The molecule has 2 aromatic rings. The summed E-state index contributed by atoms with van der Waals surface area (Å²) in [5, 5.41) is 2.63. The van der Waals surface area contributed by atoms with Gasteiger partial charge in [0.1, 0.15) is 5.82 Å². The third kappa shape index (κ3) is 3.39. The molecule has 3 rings (SSSR count). The van der Waals surface area contributed by atoms with E-state index in [-0.39, 0.29) is 30.7 Å². The van der Waals surface area contributed by atoms with E-state index < -0.39 is 0 Å². The van der Waals surface area contributed by atoms with Gasteiger partial charge in [0, 0.05) is 28.1 Å². The zero-order valence-corrected chi connectivity index (χ0v) is 15.4. The van der Waals surface area contributed by atoms with Gasteiger partial charge in [0.05, 0.1) is 11.1 Å². The molecule has 1 aliphatic heterocycles. The summed E-state index contributed by atoms with van der Waals surface area (Å²) < 4.78 is 1.53. The number of benzene rings is 1. The standard InChI is InChI=1S/C16H11Br2N3O3/c17-9-1-3-11-12(7-9)16(24)21(15(11)23)6-5-14(22)20-13-4-2-10(18)8-19-13/h1-4,7-8H,5-6H2,(H,19,20,22). The normalized spacial score (nSPS) is 13.2. The molecular weight excluding hydrogens is 442 g/mol. The first-order valence-electron chi connectivity index (χ1n) is 7.03. The fourth-order valence-electron chi connectivity index (χ4n) is 2.33. The van der Waals surface area contributed by atoms with E-state index in [4.69, 9.17) is 0 Å². The van der Waals surface area contributed by atoms with Crippen molar-refractivity contribution in [2.75, 3.05) is 11.9 Å². The second-order valence-electron chi connectivity index (χ2n) is 5.11. The molecule has 24 heavy (non-hydrogen) atoms. The van der Waals surface area contributed by atoms with Crippen LogP contribution in [0, 0.1) is 0 Å². The third-order valence-electron chi connectivity index (χ3n) is 3.49. The van der Waals surface area contributed by atoms with E-state index in [1.807, 2.05) is 0 Å². The van der Waals surface area contributed by atoms with Crippen LogP contribution < -0.4 is 5.32 Å². The summed E-state index contributed by atoms with van der Waals surface area (Å²) in [5.41, 5.74) is 0.711. The summed E-state index contributed by atoms with van der Waals surface area (Å²) in [4.78, 5) is 41.7. The van der Waals surface area contributed by atoms with Gasteiger partial charge in [0.2, 0.25) is 5.91 Å². The van der Waals surface area contributed by atoms with Crippen LogP contribution in [-0.4, -0.2) is 34.2 Å². The lowest BCUT2D eigenvalue weighted by Crippen LogP contribution is -2.32. The van der Waals surface area contributed by atoms with Crippen LogP contribution in [0.25, 0.3) is 0 Å². The maximum Gasteiger partial charge on any atom is 0.261 e. The molecule has 3 amide bonds. The van der Waals surface area contributed by atoms with Crippen LogP contribution in [0.4, 0.5) is 5.82 Å². The average Bonchev–Trinajstić information content (AvgIpc) is 2.78. The van der Waals surface area contributed by atoms with Crippen molar-refractivity contribution in [1.29, 1.82) is 0 Å². The number of anilines is 1. The van der Waals surface area contributed by atoms with Crippen molar-refractivity contribution in [3.63, 3.8) is 0 Å². The summed E-state index contributed by atoms with van der Waals surface area (Å²) in [7, 11) is 0. The van der Waals surface area contributed by atoms with Crippen LogP contribution in [0.1, 0.15) is 27.1 Å². The number of carbonyl (C=O) groups excluding carboxylic acids is 3. The van der Waals surface area contributed by atoms with Crippen molar-refractivity contribution in [3.05, 3.63) is 56.6 Å². The van der Waals surface area contributed by atoms with Gasteiger partial charge in [-0.2, -0.15) is 0 Å². The zero-order valence-electron chi connectivity index (χ0n) is 12.3. The first-order chi connectivity index (χ1) is 11.5. The van der Waals surface area contributed by atoms with Gasteiger partial charge in [0.15, 0.2) is 0 Å². The molecule has 0 unspecified atom stereocenters. The van der Waals surface area contributed by atoms with Gasteiger partial charge in [-0.25, -0.2) is 4.98 Å². The Labute approximate surface area is 154 Å². The molecule has 6 nitrogen and oxygen atoms in total. The molecular formula is C16H11Br2N3O3. The summed E-state index contributed by atoms with van der Waals surface area (Å²) >= 11 is 6.54. The van der Waals surface area contributed by atoms with Crippen molar-refractivity contribution in [2.45, 2.75) is 6.42 Å². The van der Waals surface area contributed by atoms with Crippen molar-refractivity contribution in [2.24, 2.45) is 0 Å². The quantitative estimate of drug-likeness (QED) is 0.722. The Balaban J connectivity index is 1.63. The van der Waals surface area contributed by atoms with Crippen LogP contribution >= 0.6 is 31.9 Å². The smallest absolute Gasteiger partial charge is 0.261 e. The Kier molecular flexibility index (Phi) is 4.77. The average molecular weight is 453 g/mol. The van der Waals surface area contributed by atoms with Crippen molar-refractivity contribution < 1.29 is 14.4 Å². The van der Waals surface area contributed by atoms with Crippen molar-refractivity contribution in [1.82, 2.24) is 9.88 Å². The van der Waals surface area contributed by atoms with Crippen LogP contribution in [0.3, 0.4) is 0 Å². The molecule has 0 bridgehead atoms. The molecule has 0 spiro atoms. The minimum absolute atomic E-state index is 0.00435. The fourth-order valence-corrected chi connectivity index (χ4v) is 2.93. The number of rotatable bonds is 4. The molecule has 0 aliphatic carbocycles. The zero-order chi connectivity index (χ0) is 17.3. The number of amides is 3. The van der Waals surface area contributed by atoms with Crippen LogP contribution in [0.15, 0.2) is 45.5 Å². The number of nitrogens with one attached hydrogen (secondary N) is 1. The van der Waals surface area contributed by atoms with Crippen molar-refractivity contribution >= 4 is 55.4 Å². The third-order valence-corrected chi connectivity index (χ3v) is 4.45. The lowest BCUT2D eigenvalue weighted by molar-refractivity contribution is -0.116. The van der Waals surface area contributed by atoms with Gasteiger partial charge < -0.3 is 5.32 Å². The molecule has 8 heteroatoms. The second-order valence-corrected chi connectivity index (χ2v) is 6.94. The van der Waals surface area contributed by atoms with Gasteiger partial charge in [-0.3, -0.25) is 19.3 Å². The molecule has 1 aromatic carbocycles. The molecule has 0 radical (unpaired) electrons. The molecule has 0 saturated heterocycles.